The van der Waals surface area contributed by atoms with Gasteiger partial charge in [-0.25, -0.2) is 4.21 Å². The number of carbonyl (C=O) groups is 1. The molecule has 2 unspecified atom stereocenters. The molecule has 0 aliphatic carbocycles. The Morgan fingerprint density at radius 3 is 2.00 bits per heavy atom. The van der Waals surface area contributed by atoms with Crippen LogP contribution < -0.4 is 5.32 Å². The Morgan fingerprint density at radius 1 is 1.00 bits per heavy atom. The number of hydrogen-bond donors (Lipinski definition) is 2. The van der Waals surface area contributed by atoms with Crippen molar-refractivity contribution in [3.63, 3.8) is 0 Å². The molecule has 1 amide bonds. The van der Waals surface area contributed by atoms with E-state index >= 15 is 0 Å². The molecule has 1 saturated heterocycles. The zero-order chi connectivity index (χ0) is 26.7. The molecule has 1 aliphatic heterocycles. The molecule has 2 N–H and O–H groups in total. The molecule has 6 nitrogen and oxygen atoms in total. The minimum atomic E-state index is -5.67. The number of rotatable bonds is 7. The molecule has 0 bridgehead atoms. The van der Waals surface area contributed by atoms with Gasteiger partial charge in [-0.3, -0.25) is 9.69 Å². The zero-order valence-electron chi connectivity index (χ0n) is 19.0. The first-order valence-electron chi connectivity index (χ1n) is 10.8. The van der Waals surface area contributed by atoms with Crippen LogP contribution in [0.3, 0.4) is 0 Å². The number of carbonyl (C=O) groups excluding carboxylic acids is 1. The third-order valence-electron chi connectivity index (χ3n) is 6.01. The second kappa shape index (κ2) is 10.9. The highest BCUT2D eigenvalue weighted by Crippen LogP contribution is 2.54. The first-order valence-corrected chi connectivity index (χ1v) is 12.0. The molecule has 36 heavy (non-hydrogen) atoms. The van der Waals surface area contributed by atoms with E-state index in [1.807, 2.05) is 0 Å². The van der Waals surface area contributed by atoms with Crippen molar-refractivity contribution in [2.24, 2.45) is 0 Å². The Kier molecular flexibility index (Phi) is 8.48. The summed E-state index contributed by atoms with van der Waals surface area (Å²) in [5.41, 5.74) is -4.04. The largest absolute Gasteiger partial charge is 0.420 e. The van der Waals surface area contributed by atoms with Gasteiger partial charge < -0.3 is 14.6 Å². The maximum Gasteiger partial charge on any atom is 0.420 e. The number of halogens is 6. The summed E-state index contributed by atoms with van der Waals surface area (Å²) in [6.45, 7) is -0.0705. The second-order valence-corrected chi connectivity index (χ2v) is 9.53. The molecular weight excluding hydrogens is 514 g/mol. The van der Waals surface area contributed by atoms with Gasteiger partial charge in [-0.1, -0.05) is 36.4 Å². The maximum atomic E-state index is 14.1. The van der Waals surface area contributed by atoms with Crippen molar-refractivity contribution >= 4 is 22.7 Å². The first kappa shape index (κ1) is 28.1. The molecule has 1 fully saturated rings. The van der Waals surface area contributed by atoms with Crippen LogP contribution in [0.1, 0.15) is 28.9 Å². The van der Waals surface area contributed by atoms with Gasteiger partial charge in [-0.2, -0.15) is 26.3 Å². The van der Waals surface area contributed by atoms with Crippen molar-refractivity contribution in [3.05, 3.63) is 65.2 Å². The quantitative estimate of drug-likeness (QED) is 0.391. The fourth-order valence-electron chi connectivity index (χ4n) is 4.14. The molecule has 0 spiro atoms. The summed E-state index contributed by atoms with van der Waals surface area (Å²) in [7, 11) is 0. The molecule has 198 valence electrons. The number of alkyl halides is 6. The molecule has 0 saturated carbocycles. The van der Waals surface area contributed by atoms with Crippen molar-refractivity contribution in [1.82, 2.24) is 4.90 Å². The van der Waals surface area contributed by atoms with Crippen molar-refractivity contribution in [1.29, 1.82) is 0 Å². The molecule has 0 radical (unpaired) electrons. The lowest BCUT2D eigenvalue weighted by Gasteiger charge is -2.47. The highest BCUT2D eigenvalue weighted by Gasteiger charge is 2.74. The van der Waals surface area contributed by atoms with E-state index in [0.717, 1.165) is 24.3 Å². The van der Waals surface area contributed by atoms with Crippen LogP contribution in [0.2, 0.25) is 0 Å². The average molecular weight is 539 g/mol. The number of morpholine rings is 1. The van der Waals surface area contributed by atoms with Gasteiger partial charge in [0.2, 0.25) is 11.4 Å². The number of anilines is 1. The van der Waals surface area contributed by atoms with Crippen LogP contribution in [-0.4, -0.2) is 58.2 Å². The lowest BCUT2D eigenvalue weighted by atomic mass is 9.85. The SMILES string of the molecule is CC(c1ccc(CC(=O)Nc2ccc(C(N3CCOCC3)(C(F)(F)F)C(F)(F)F)cc2)cc1)S(=O)O. The number of hydrogen-bond acceptors (Lipinski definition) is 4. The predicted molar refractivity (Wildman–Crippen MR) is 121 cm³/mol. The molecule has 0 aromatic heterocycles. The fraction of sp³-hybridized carbons (Fsp3) is 0.435. The fourth-order valence-corrected chi connectivity index (χ4v) is 4.53. The van der Waals surface area contributed by atoms with E-state index in [4.69, 9.17) is 9.29 Å². The zero-order valence-corrected chi connectivity index (χ0v) is 19.8. The van der Waals surface area contributed by atoms with Crippen molar-refractivity contribution in [2.45, 2.75) is 36.5 Å². The maximum absolute atomic E-state index is 14.1. The Labute approximate surface area is 205 Å². The third kappa shape index (κ3) is 5.74. The van der Waals surface area contributed by atoms with Gasteiger partial charge in [0.15, 0.2) is 11.1 Å². The molecule has 2 aromatic carbocycles. The molecular formula is C23H24F6N2O4S. The third-order valence-corrected chi connectivity index (χ3v) is 6.89. The van der Waals surface area contributed by atoms with Gasteiger partial charge in [0.25, 0.3) is 0 Å². The minimum absolute atomic E-state index is 0.0323. The van der Waals surface area contributed by atoms with Crippen molar-refractivity contribution < 1.29 is 44.6 Å². The summed E-state index contributed by atoms with van der Waals surface area (Å²) in [5, 5.41) is 1.84. The van der Waals surface area contributed by atoms with Gasteiger partial charge in [-0.05, 0) is 35.7 Å². The van der Waals surface area contributed by atoms with Crippen LogP contribution >= 0.6 is 0 Å². The van der Waals surface area contributed by atoms with Gasteiger partial charge in [0.1, 0.15) is 0 Å². The van der Waals surface area contributed by atoms with E-state index in [0.29, 0.717) is 16.0 Å². The molecule has 13 heteroatoms. The van der Waals surface area contributed by atoms with E-state index in [-0.39, 0.29) is 25.3 Å². The second-order valence-electron chi connectivity index (χ2n) is 8.27. The van der Waals surface area contributed by atoms with Gasteiger partial charge in [0.05, 0.1) is 24.9 Å². The van der Waals surface area contributed by atoms with Crippen LogP contribution in [0, 0.1) is 0 Å². The van der Waals surface area contributed by atoms with Gasteiger partial charge in [-0.15, -0.1) is 0 Å². The Hall–Kier alpha value is -2.48. The lowest BCUT2D eigenvalue weighted by Crippen LogP contribution is -2.66. The Balaban J connectivity index is 1.79. The van der Waals surface area contributed by atoms with Crippen LogP contribution in [0.5, 0.6) is 0 Å². The average Bonchev–Trinajstić information content (AvgIpc) is 2.79. The normalized spacial score (nSPS) is 17.4. The summed E-state index contributed by atoms with van der Waals surface area (Å²) in [6.07, 6.45) is -11.5. The Bertz CT molecular complexity index is 1050. The number of nitrogens with zero attached hydrogens (tertiary/aromatic N) is 1. The molecule has 1 heterocycles. The molecule has 2 atom stereocenters. The summed E-state index contributed by atoms with van der Waals surface area (Å²) in [5.74, 6) is -0.541. The predicted octanol–water partition coefficient (Wildman–Crippen LogP) is 4.80. The van der Waals surface area contributed by atoms with E-state index in [2.05, 4.69) is 5.32 Å². The van der Waals surface area contributed by atoms with Crippen LogP contribution in [0.4, 0.5) is 32.0 Å². The Morgan fingerprint density at radius 2 is 1.53 bits per heavy atom. The van der Waals surface area contributed by atoms with E-state index in [9.17, 15) is 35.3 Å². The monoisotopic (exact) mass is 538 g/mol. The van der Waals surface area contributed by atoms with E-state index in [1.54, 1.807) is 31.2 Å². The molecule has 3 rings (SSSR count). The summed E-state index contributed by atoms with van der Waals surface area (Å²) >= 11 is -2.06. The van der Waals surface area contributed by atoms with Crippen molar-refractivity contribution in [3.8, 4) is 0 Å². The lowest BCUT2D eigenvalue weighted by molar-refractivity contribution is -0.353. The number of amides is 1. The van der Waals surface area contributed by atoms with Crippen molar-refractivity contribution in [2.75, 3.05) is 31.6 Å². The van der Waals surface area contributed by atoms with Crippen LogP contribution in [0.25, 0.3) is 0 Å². The van der Waals surface area contributed by atoms with Gasteiger partial charge >= 0.3 is 12.4 Å². The number of ether oxygens (including phenoxy) is 1. The van der Waals surface area contributed by atoms with Crippen LogP contribution in [-0.2, 0) is 32.6 Å². The number of nitrogens with one attached hydrogen (secondary N) is 1. The highest BCUT2D eigenvalue weighted by atomic mass is 32.2. The van der Waals surface area contributed by atoms with Gasteiger partial charge in [0, 0.05) is 18.8 Å². The summed E-state index contributed by atoms with van der Waals surface area (Å²) in [4.78, 5) is 12.7. The summed E-state index contributed by atoms with van der Waals surface area (Å²) < 4.78 is 110. The standard InChI is InChI=1S/C23H24F6N2O4S/c1-15(36(33)34)17-4-2-16(3-5-17)14-20(32)30-19-8-6-18(7-9-19)21(22(24,25)26,23(27,28)29)31-10-12-35-13-11-31/h2-9,15H,10-14H2,1H3,(H,30,32)(H,33,34). The topological polar surface area (TPSA) is 78.9 Å². The number of benzene rings is 2. The minimum Gasteiger partial charge on any atom is -0.379 e. The molecule has 1 aliphatic rings. The smallest absolute Gasteiger partial charge is 0.379 e. The summed E-state index contributed by atoms with van der Waals surface area (Å²) in [6, 6.07) is 9.80. The molecule has 2 aromatic rings. The van der Waals surface area contributed by atoms with E-state index < -0.39 is 58.8 Å². The van der Waals surface area contributed by atoms with Crippen LogP contribution in [0.15, 0.2) is 48.5 Å². The first-order chi connectivity index (χ1) is 16.8. The van der Waals surface area contributed by atoms with E-state index in [1.165, 1.54) is 0 Å². The highest BCUT2D eigenvalue weighted by molar-refractivity contribution is 7.79.